The highest BCUT2D eigenvalue weighted by molar-refractivity contribution is 5.49. The molecule has 3 aromatic carbocycles. The molecule has 2 heterocycles. The van der Waals surface area contributed by atoms with Gasteiger partial charge in [-0.2, -0.15) is 4.68 Å². The van der Waals surface area contributed by atoms with Crippen LogP contribution in [0, 0.1) is 19.7 Å². The molecule has 6 nitrogen and oxygen atoms in total. The Morgan fingerprint density at radius 2 is 1.56 bits per heavy atom. The van der Waals surface area contributed by atoms with Gasteiger partial charge in [0.2, 0.25) is 0 Å². The molecule has 0 N–H and O–H groups in total. The molecule has 1 fully saturated rings. The number of aryl methyl sites for hydroxylation is 2. The highest BCUT2D eigenvalue weighted by atomic mass is 19.1. The highest BCUT2D eigenvalue weighted by Crippen LogP contribution is 2.31. The first-order valence-corrected chi connectivity index (χ1v) is 12.4. The van der Waals surface area contributed by atoms with Crippen LogP contribution < -0.4 is 0 Å². The van der Waals surface area contributed by atoms with Gasteiger partial charge in [0.1, 0.15) is 5.82 Å². The minimum absolute atomic E-state index is 0.179. The summed E-state index contributed by atoms with van der Waals surface area (Å²) >= 11 is 0. The molecule has 1 saturated heterocycles. The van der Waals surface area contributed by atoms with Gasteiger partial charge in [0.15, 0.2) is 5.82 Å². The van der Waals surface area contributed by atoms with Crippen LogP contribution in [0.2, 0.25) is 0 Å². The zero-order valence-corrected chi connectivity index (χ0v) is 20.8. The number of piperazine rings is 1. The summed E-state index contributed by atoms with van der Waals surface area (Å²) in [7, 11) is 0. The van der Waals surface area contributed by atoms with Gasteiger partial charge in [0, 0.05) is 32.7 Å². The maximum Gasteiger partial charge on any atom is 0.178 e. The van der Waals surface area contributed by atoms with Gasteiger partial charge < -0.3 is 0 Å². The van der Waals surface area contributed by atoms with Crippen LogP contribution in [0.4, 0.5) is 4.39 Å². The van der Waals surface area contributed by atoms with Crippen LogP contribution in [-0.2, 0) is 0 Å². The Balaban J connectivity index is 1.39. The van der Waals surface area contributed by atoms with E-state index in [0.717, 1.165) is 60.9 Å². The molecule has 1 aromatic heterocycles. The van der Waals surface area contributed by atoms with E-state index in [1.807, 2.05) is 28.9 Å². The van der Waals surface area contributed by atoms with Gasteiger partial charge in [-0.3, -0.25) is 9.80 Å². The quantitative estimate of drug-likeness (QED) is 0.377. The molecule has 0 radical (unpaired) electrons. The van der Waals surface area contributed by atoms with Crippen molar-refractivity contribution in [3.8, 4) is 5.69 Å². The summed E-state index contributed by atoms with van der Waals surface area (Å²) < 4.78 is 15.7. The van der Waals surface area contributed by atoms with Gasteiger partial charge >= 0.3 is 0 Å². The number of hydrogen-bond acceptors (Lipinski definition) is 5. The molecule has 0 spiro atoms. The summed E-state index contributed by atoms with van der Waals surface area (Å²) in [4.78, 5) is 4.85. The first-order chi connectivity index (χ1) is 17.6. The Kier molecular flexibility index (Phi) is 7.30. The van der Waals surface area contributed by atoms with Crippen LogP contribution in [0.3, 0.4) is 0 Å². The second-order valence-electron chi connectivity index (χ2n) is 9.29. The molecule has 1 aliphatic rings. The van der Waals surface area contributed by atoms with Gasteiger partial charge in [-0.15, -0.1) is 5.10 Å². The van der Waals surface area contributed by atoms with E-state index in [1.54, 1.807) is 0 Å². The number of halogens is 1. The van der Waals surface area contributed by atoms with Crippen LogP contribution in [0.15, 0.2) is 78.9 Å². The fourth-order valence-electron chi connectivity index (χ4n) is 4.94. The van der Waals surface area contributed by atoms with Crippen LogP contribution in [-0.4, -0.2) is 62.7 Å². The standard InChI is InChI=1S/C29H31FN6/c1-22-8-6-9-23(2)27(22)36-29(31-32-33-36)28(25-13-15-26(30)16-14-25)35-20-18-34(19-21-35)17-7-12-24-10-4-3-5-11-24/h3-16,28H,17-21H2,1-2H3/b12-7+/t28-/m1/s1. The fraction of sp³-hybridized carbons (Fsp3) is 0.276. The van der Waals surface area contributed by atoms with Crippen LogP contribution in [0.1, 0.15) is 34.1 Å². The molecule has 0 saturated carbocycles. The molecule has 4 aromatic rings. The van der Waals surface area contributed by atoms with E-state index >= 15 is 0 Å². The monoisotopic (exact) mass is 482 g/mol. The number of nitrogens with zero attached hydrogens (tertiary/aromatic N) is 6. The maximum absolute atomic E-state index is 13.8. The van der Waals surface area contributed by atoms with Crippen molar-refractivity contribution in [3.05, 3.63) is 113 Å². The fourth-order valence-corrected chi connectivity index (χ4v) is 4.94. The number of para-hydroxylation sites is 1. The summed E-state index contributed by atoms with van der Waals surface area (Å²) in [5, 5.41) is 12.9. The van der Waals surface area contributed by atoms with Crippen molar-refractivity contribution < 1.29 is 4.39 Å². The SMILES string of the molecule is Cc1cccc(C)c1-n1nnnc1[C@@H](c1ccc(F)cc1)N1CCN(C/C=C/c2ccccc2)CC1. The molecule has 0 unspecified atom stereocenters. The number of hydrogen-bond donors (Lipinski definition) is 0. The normalized spacial score (nSPS) is 16.0. The molecule has 36 heavy (non-hydrogen) atoms. The van der Waals surface area contributed by atoms with Crippen molar-refractivity contribution in [3.63, 3.8) is 0 Å². The van der Waals surface area contributed by atoms with E-state index in [-0.39, 0.29) is 11.9 Å². The highest BCUT2D eigenvalue weighted by Gasteiger charge is 2.31. The summed E-state index contributed by atoms with van der Waals surface area (Å²) in [6.07, 6.45) is 4.40. The van der Waals surface area contributed by atoms with Gasteiger partial charge in [-0.25, -0.2) is 4.39 Å². The van der Waals surface area contributed by atoms with E-state index in [1.165, 1.54) is 17.7 Å². The van der Waals surface area contributed by atoms with Gasteiger partial charge in [-0.05, 0) is 58.7 Å². The third kappa shape index (κ3) is 5.27. The van der Waals surface area contributed by atoms with E-state index in [9.17, 15) is 4.39 Å². The Labute approximate surface area is 211 Å². The number of aromatic nitrogens is 4. The van der Waals surface area contributed by atoms with Crippen molar-refractivity contribution in [2.24, 2.45) is 0 Å². The third-order valence-electron chi connectivity index (χ3n) is 6.82. The first kappa shape index (κ1) is 24.0. The molecule has 5 rings (SSSR count). The second-order valence-corrected chi connectivity index (χ2v) is 9.29. The first-order valence-electron chi connectivity index (χ1n) is 12.4. The van der Waals surface area contributed by atoms with Crippen molar-refractivity contribution >= 4 is 6.08 Å². The lowest BCUT2D eigenvalue weighted by molar-refractivity contribution is 0.113. The largest absolute Gasteiger partial charge is 0.297 e. The predicted octanol–water partition coefficient (Wildman–Crippen LogP) is 4.84. The summed E-state index contributed by atoms with van der Waals surface area (Å²) in [6.45, 7) is 8.64. The van der Waals surface area contributed by atoms with Gasteiger partial charge in [0.25, 0.3) is 0 Å². The van der Waals surface area contributed by atoms with Crippen molar-refractivity contribution in [1.29, 1.82) is 0 Å². The number of benzene rings is 3. The molecule has 184 valence electrons. The topological polar surface area (TPSA) is 50.1 Å². The lowest BCUT2D eigenvalue weighted by atomic mass is 10.0. The van der Waals surface area contributed by atoms with Crippen LogP contribution in [0.25, 0.3) is 11.8 Å². The molecule has 0 aliphatic carbocycles. The molecule has 1 atom stereocenters. The zero-order valence-electron chi connectivity index (χ0n) is 20.8. The Morgan fingerprint density at radius 1 is 0.861 bits per heavy atom. The average Bonchev–Trinajstić information content (AvgIpc) is 3.36. The van der Waals surface area contributed by atoms with Crippen molar-refractivity contribution in [2.75, 3.05) is 32.7 Å². The van der Waals surface area contributed by atoms with E-state index in [0.29, 0.717) is 0 Å². The molecular weight excluding hydrogens is 451 g/mol. The third-order valence-corrected chi connectivity index (χ3v) is 6.82. The Bertz CT molecular complexity index is 1290. The van der Waals surface area contributed by atoms with Crippen LogP contribution in [0.5, 0.6) is 0 Å². The molecular formula is C29H31FN6. The molecule has 1 aliphatic heterocycles. The lowest BCUT2D eigenvalue weighted by Gasteiger charge is -2.38. The van der Waals surface area contributed by atoms with Gasteiger partial charge in [0.05, 0.1) is 11.7 Å². The smallest absolute Gasteiger partial charge is 0.178 e. The second kappa shape index (κ2) is 10.9. The predicted molar refractivity (Wildman–Crippen MR) is 140 cm³/mol. The number of rotatable bonds is 7. The molecule has 0 amide bonds. The minimum atomic E-state index is -0.248. The van der Waals surface area contributed by atoms with E-state index in [2.05, 4.69) is 87.7 Å². The zero-order chi connectivity index (χ0) is 24.9. The maximum atomic E-state index is 13.8. The number of tetrazole rings is 1. The Morgan fingerprint density at radius 3 is 2.25 bits per heavy atom. The van der Waals surface area contributed by atoms with E-state index < -0.39 is 0 Å². The summed E-state index contributed by atoms with van der Waals surface area (Å²) in [5.41, 5.74) is 5.41. The summed E-state index contributed by atoms with van der Waals surface area (Å²) in [5.74, 6) is 0.498. The van der Waals surface area contributed by atoms with Crippen molar-refractivity contribution in [1.82, 2.24) is 30.0 Å². The van der Waals surface area contributed by atoms with Gasteiger partial charge in [-0.1, -0.05) is 72.8 Å². The van der Waals surface area contributed by atoms with E-state index in [4.69, 9.17) is 0 Å². The Hall–Kier alpha value is -3.68. The minimum Gasteiger partial charge on any atom is -0.297 e. The van der Waals surface area contributed by atoms with Crippen molar-refractivity contribution in [2.45, 2.75) is 19.9 Å². The molecule has 7 heteroatoms. The lowest BCUT2D eigenvalue weighted by Crippen LogP contribution is -2.48. The molecule has 0 bridgehead atoms. The average molecular weight is 483 g/mol. The van der Waals surface area contributed by atoms with Crippen LogP contribution >= 0.6 is 0 Å². The summed E-state index contributed by atoms with van der Waals surface area (Å²) in [6, 6.07) is 23.1.